The Labute approximate surface area is 390 Å². The van der Waals surface area contributed by atoms with Gasteiger partial charge in [-0.05, 0) is 105 Å². The van der Waals surface area contributed by atoms with Crippen LogP contribution in [0.2, 0.25) is 0 Å². The van der Waals surface area contributed by atoms with Gasteiger partial charge < -0.3 is 19.1 Å². The average molecular weight is 1020 g/mol. The Morgan fingerprint density at radius 3 is 1.95 bits per heavy atom. The molecule has 322 valence electrons. The van der Waals surface area contributed by atoms with Crippen molar-refractivity contribution in [1.29, 1.82) is 0 Å². The molecule has 0 saturated heterocycles. The minimum Gasteiger partial charge on any atom is -0.509 e. The van der Waals surface area contributed by atoms with Crippen LogP contribution in [0.4, 0.5) is 27.1 Å². The van der Waals surface area contributed by atoms with E-state index in [1.165, 1.54) is 17.2 Å². The van der Waals surface area contributed by atoms with E-state index in [-0.39, 0.29) is 37.7 Å². The van der Waals surface area contributed by atoms with Crippen LogP contribution < -0.4 is 14.5 Å². The summed E-state index contributed by atoms with van der Waals surface area (Å²) < 4.78 is 23.2. The molecule has 1 aliphatic heterocycles. The van der Waals surface area contributed by atoms with Crippen molar-refractivity contribution in [1.82, 2.24) is 9.55 Å². The van der Waals surface area contributed by atoms with Crippen LogP contribution in [0.15, 0.2) is 158 Å². The van der Waals surface area contributed by atoms with Gasteiger partial charge in [-0.1, -0.05) is 120 Å². The number of ether oxygens (including phenoxy) is 1. The van der Waals surface area contributed by atoms with Crippen molar-refractivity contribution in [2.75, 3.05) is 9.80 Å². The quantitative estimate of drug-likeness (QED) is 0.149. The number of nitrogens with zero attached hydrogens (tertiary/aromatic N) is 4. The maximum Gasteiger partial charge on any atom is 0.135 e. The van der Waals surface area contributed by atoms with Crippen LogP contribution in [0.25, 0.3) is 49.9 Å². The summed E-state index contributed by atoms with van der Waals surface area (Å²) in [6.07, 6.45) is 1.94. The first kappa shape index (κ1) is 42.8. The number of benzene rings is 7. The molecule has 0 radical (unpaired) electrons. The van der Waals surface area contributed by atoms with Gasteiger partial charge >= 0.3 is 0 Å². The Morgan fingerprint density at radius 2 is 1.25 bits per heavy atom. The molecule has 10 rings (SSSR count). The molecule has 5 nitrogen and oxygen atoms in total. The van der Waals surface area contributed by atoms with E-state index < -0.39 is 0 Å². The van der Waals surface area contributed by atoms with Crippen molar-refractivity contribution in [2.45, 2.75) is 59.3 Å². The summed E-state index contributed by atoms with van der Waals surface area (Å²) >= 11 is 0. The monoisotopic (exact) mass is 1020 g/mol. The predicted molar refractivity (Wildman–Crippen MR) is 257 cm³/mol. The summed E-state index contributed by atoms with van der Waals surface area (Å²) in [6.45, 7) is 17.9. The minimum absolute atomic E-state index is 0. The van der Waals surface area contributed by atoms with Crippen LogP contribution in [0.1, 0.15) is 58.2 Å². The number of aryl methyl sites for hydroxylation is 1. The van der Waals surface area contributed by atoms with Crippen LogP contribution in [-0.4, -0.2) is 9.55 Å². The van der Waals surface area contributed by atoms with Gasteiger partial charge in [-0.15, -0.1) is 48.1 Å². The largest absolute Gasteiger partial charge is 0.509 e. The molecule has 0 fully saturated rings. The fourth-order valence-corrected chi connectivity index (χ4v) is 8.53. The molecule has 64 heavy (non-hydrogen) atoms. The van der Waals surface area contributed by atoms with Gasteiger partial charge in [0, 0.05) is 66.9 Å². The number of hydrogen-bond donors (Lipinski definition) is 0. The standard InChI is InChI=1S/C57H48FN4O.Pt/c1-37-27-55(59-35-50(37)38-15-9-8-10-16-38)62-51-26-23-40(39-17-13-18-43(58)28-39)29-49(51)48-25-24-47(34-54(48)62)63-46-20-14-19-44(33-46)60-36-61(53-22-12-11-21-52(53)60)45-31-41(56(2,3)4)30-42(32-45)57(5,6)7;/h8-32,35-36H,1-7H3;/q-3;. The van der Waals surface area contributed by atoms with E-state index in [1.807, 2.05) is 54.7 Å². The number of hydrogen-bond acceptors (Lipinski definition) is 4. The molecule has 2 aromatic heterocycles. The van der Waals surface area contributed by atoms with Crippen molar-refractivity contribution >= 4 is 44.6 Å². The predicted octanol–water partition coefficient (Wildman–Crippen LogP) is 15.4. The van der Waals surface area contributed by atoms with Crippen molar-refractivity contribution in [3.8, 4) is 39.6 Å². The second kappa shape index (κ2) is 16.6. The fourth-order valence-electron chi connectivity index (χ4n) is 8.53. The summed E-state index contributed by atoms with van der Waals surface area (Å²) in [5, 5.41) is 1.98. The van der Waals surface area contributed by atoms with E-state index >= 15 is 0 Å². The third kappa shape index (κ3) is 8.01. The number of fused-ring (bicyclic) bond motifs is 4. The Kier molecular flexibility index (Phi) is 11.1. The molecule has 0 N–H and O–H groups in total. The van der Waals surface area contributed by atoms with Gasteiger partial charge in [0.05, 0.1) is 0 Å². The third-order valence-corrected chi connectivity index (χ3v) is 12.0. The SMILES string of the molecule is Cc1cc(-n2c3[c-]c(Oc4[c-]c(N5[CH-]N(c6cc(C(C)(C)C)cc(C(C)(C)C)c6)c6ccccc65)ccc4)ccc3c3cc(-c4cccc(F)c4)ccc32)ncc1-c1ccccc1.[Pt]. The Morgan fingerprint density at radius 1 is 0.594 bits per heavy atom. The zero-order chi connectivity index (χ0) is 43.6. The van der Waals surface area contributed by atoms with Crippen LogP contribution in [-0.2, 0) is 31.9 Å². The van der Waals surface area contributed by atoms with Gasteiger partial charge in [-0.3, -0.25) is 0 Å². The molecule has 3 heterocycles. The molecule has 0 atom stereocenters. The molecular weight excluding hydrogens is 971 g/mol. The van der Waals surface area contributed by atoms with Gasteiger partial charge in [0.2, 0.25) is 0 Å². The first-order chi connectivity index (χ1) is 30.3. The minimum atomic E-state index is -0.270. The van der Waals surface area contributed by atoms with Crippen molar-refractivity contribution in [2.24, 2.45) is 0 Å². The summed E-state index contributed by atoms with van der Waals surface area (Å²) in [7, 11) is 0. The summed E-state index contributed by atoms with van der Waals surface area (Å²) in [5.41, 5.74) is 13.5. The fraction of sp³-hybridized carbons (Fsp3) is 0.158. The zero-order valence-electron chi connectivity index (χ0n) is 37.0. The van der Waals surface area contributed by atoms with E-state index in [2.05, 4.69) is 167 Å². The molecule has 1 aliphatic rings. The van der Waals surface area contributed by atoms with Crippen LogP contribution in [0.5, 0.6) is 11.5 Å². The number of halogens is 1. The number of aromatic nitrogens is 2. The molecule has 0 aliphatic carbocycles. The van der Waals surface area contributed by atoms with Crippen LogP contribution in [0, 0.1) is 31.5 Å². The van der Waals surface area contributed by atoms with Crippen molar-refractivity contribution in [3.63, 3.8) is 0 Å². The van der Waals surface area contributed by atoms with E-state index in [9.17, 15) is 4.39 Å². The van der Waals surface area contributed by atoms with E-state index in [1.54, 1.807) is 12.1 Å². The number of anilines is 4. The summed E-state index contributed by atoms with van der Waals surface area (Å²) in [5.74, 6) is 1.61. The van der Waals surface area contributed by atoms with Gasteiger partial charge in [0.15, 0.2) is 0 Å². The van der Waals surface area contributed by atoms with Crippen molar-refractivity contribution in [3.05, 3.63) is 199 Å². The Hall–Kier alpha value is -6.49. The van der Waals surface area contributed by atoms with Crippen LogP contribution in [0.3, 0.4) is 0 Å². The van der Waals surface area contributed by atoms with Crippen molar-refractivity contribution < 1.29 is 30.2 Å². The molecule has 0 unspecified atom stereocenters. The molecule has 7 heteroatoms. The first-order valence-corrected chi connectivity index (χ1v) is 21.5. The maximum absolute atomic E-state index is 14.4. The second-order valence-corrected chi connectivity index (χ2v) is 18.5. The maximum atomic E-state index is 14.4. The van der Waals surface area contributed by atoms with E-state index in [0.29, 0.717) is 11.5 Å². The van der Waals surface area contributed by atoms with Gasteiger partial charge in [-0.25, -0.2) is 9.37 Å². The topological polar surface area (TPSA) is 33.5 Å². The Balaban J connectivity index is 0.00000518. The number of pyridine rings is 1. The summed E-state index contributed by atoms with van der Waals surface area (Å²) in [6, 6.07) is 58.1. The molecule has 9 aromatic rings. The molecule has 0 bridgehead atoms. The molecule has 0 amide bonds. The van der Waals surface area contributed by atoms with Gasteiger partial charge in [-0.2, -0.15) is 12.1 Å². The first-order valence-electron chi connectivity index (χ1n) is 21.5. The smallest absolute Gasteiger partial charge is 0.135 e. The third-order valence-electron chi connectivity index (χ3n) is 12.0. The molecule has 0 spiro atoms. The average Bonchev–Trinajstić information content (AvgIpc) is 3.82. The van der Waals surface area contributed by atoms with Crippen LogP contribution >= 0.6 is 0 Å². The summed E-state index contributed by atoms with van der Waals surface area (Å²) in [4.78, 5) is 9.49. The molecule has 7 aromatic carbocycles. The zero-order valence-corrected chi connectivity index (χ0v) is 39.3. The van der Waals surface area contributed by atoms with Gasteiger partial charge in [0.1, 0.15) is 11.6 Å². The second-order valence-electron chi connectivity index (χ2n) is 18.5. The van der Waals surface area contributed by atoms with Gasteiger partial charge in [0.25, 0.3) is 0 Å². The number of rotatable bonds is 7. The van der Waals surface area contributed by atoms with E-state index in [4.69, 9.17) is 9.72 Å². The normalized spacial score (nSPS) is 12.8. The van der Waals surface area contributed by atoms with E-state index in [0.717, 1.165) is 78.2 Å². The molecule has 0 saturated carbocycles. The number of para-hydroxylation sites is 2. The molecular formula is C57H48FN4OPt-3. The Bertz CT molecular complexity index is 3170.